The largest absolute Gasteiger partial charge is 0.329 e. The van der Waals surface area contributed by atoms with E-state index in [0.717, 1.165) is 23.6 Å². The number of hydrogen-bond donors (Lipinski definition) is 0. The number of aromatic nitrogens is 5. The van der Waals surface area contributed by atoms with Crippen LogP contribution >= 0.6 is 11.3 Å². The van der Waals surface area contributed by atoms with Crippen molar-refractivity contribution in [1.82, 2.24) is 29.2 Å². The first-order valence-corrected chi connectivity index (χ1v) is 7.93. The van der Waals surface area contributed by atoms with E-state index in [1.165, 1.54) is 17.7 Å². The summed E-state index contributed by atoms with van der Waals surface area (Å²) in [5.41, 5.74) is 1.84. The highest BCUT2D eigenvalue weighted by Gasteiger charge is 2.24. The lowest BCUT2D eigenvalue weighted by atomic mass is 10.2. The van der Waals surface area contributed by atoms with Gasteiger partial charge in [-0.15, -0.1) is 0 Å². The molecule has 7 nitrogen and oxygen atoms in total. The zero-order valence-corrected chi connectivity index (χ0v) is 12.6. The first kappa shape index (κ1) is 13.2. The van der Waals surface area contributed by atoms with Crippen molar-refractivity contribution in [1.29, 1.82) is 0 Å². The van der Waals surface area contributed by atoms with Crippen molar-refractivity contribution in [2.45, 2.75) is 19.6 Å². The van der Waals surface area contributed by atoms with E-state index in [2.05, 4.69) is 19.6 Å². The molecule has 0 atom stereocenters. The Balaban J connectivity index is 1.53. The average Bonchev–Trinajstić information content (AvgIpc) is 3.29. The molecule has 0 aliphatic carbocycles. The number of carbonyl (C=O) groups is 1. The minimum Gasteiger partial charge on any atom is -0.329 e. The van der Waals surface area contributed by atoms with Gasteiger partial charge in [0.25, 0.3) is 5.91 Å². The molecule has 0 N–H and O–H groups in total. The van der Waals surface area contributed by atoms with Crippen LogP contribution in [-0.2, 0) is 19.6 Å². The van der Waals surface area contributed by atoms with Gasteiger partial charge in [-0.1, -0.05) is 0 Å². The molecule has 0 aromatic carbocycles. The summed E-state index contributed by atoms with van der Waals surface area (Å²) in [6.07, 6.45) is 5.07. The Labute approximate surface area is 130 Å². The molecule has 0 fully saturated rings. The van der Waals surface area contributed by atoms with E-state index in [1.807, 2.05) is 27.9 Å². The minimum atomic E-state index is 0.0772. The van der Waals surface area contributed by atoms with Gasteiger partial charge in [-0.05, 0) is 11.4 Å². The molecule has 1 aliphatic rings. The van der Waals surface area contributed by atoms with Crippen molar-refractivity contribution in [3.63, 3.8) is 0 Å². The van der Waals surface area contributed by atoms with Crippen molar-refractivity contribution in [3.05, 3.63) is 52.8 Å². The summed E-state index contributed by atoms with van der Waals surface area (Å²) in [6, 6.07) is 1.87. The fourth-order valence-electron chi connectivity index (χ4n) is 2.67. The Hall–Kier alpha value is -2.48. The van der Waals surface area contributed by atoms with Gasteiger partial charge in [0.15, 0.2) is 0 Å². The topological polar surface area (TPSA) is 68.8 Å². The minimum absolute atomic E-state index is 0.0772. The maximum Gasteiger partial charge on any atom is 0.255 e. The standard InChI is InChI=1S/C14H14N6OS/c21-14(11-1-4-22-8-11)18-2-3-20-12(5-16-13(20)7-18)6-19-10-15-9-17-19/h1,4-5,8-10H,2-3,6-7H2. The second-order valence-electron chi connectivity index (χ2n) is 5.15. The molecule has 0 saturated carbocycles. The van der Waals surface area contributed by atoms with Crippen LogP contribution in [-0.4, -0.2) is 41.7 Å². The van der Waals surface area contributed by atoms with Crippen LogP contribution in [0.25, 0.3) is 0 Å². The lowest BCUT2D eigenvalue weighted by Gasteiger charge is -2.28. The second kappa shape index (κ2) is 5.38. The normalized spacial score (nSPS) is 14.1. The van der Waals surface area contributed by atoms with Crippen LogP contribution in [0.4, 0.5) is 0 Å². The lowest BCUT2D eigenvalue weighted by Crippen LogP contribution is -2.38. The van der Waals surface area contributed by atoms with E-state index in [0.29, 0.717) is 19.6 Å². The van der Waals surface area contributed by atoms with Crippen LogP contribution in [0.2, 0.25) is 0 Å². The molecule has 0 unspecified atom stereocenters. The number of thiophene rings is 1. The Morgan fingerprint density at radius 3 is 3.09 bits per heavy atom. The van der Waals surface area contributed by atoms with E-state index >= 15 is 0 Å². The van der Waals surface area contributed by atoms with Gasteiger partial charge in [-0.2, -0.15) is 16.4 Å². The summed E-state index contributed by atoms with van der Waals surface area (Å²) in [5, 5.41) is 7.93. The Bertz CT molecular complexity index is 776. The van der Waals surface area contributed by atoms with Crippen LogP contribution in [0, 0.1) is 0 Å². The number of hydrogen-bond acceptors (Lipinski definition) is 5. The van der Waals surface area contributed by atoms with Crippen molar-refractivity contribution in [2.75, 3.05) is 6.54 Å². The maximum atomic E-state index is 12.4. The van der Waals surface area contributed by atoms with Crippen molar-refractivity contribution < 1.29 is 4.79 Å². The summed E-state index contributed by atoms with van der Waals surface area (Å²) in [7, 11) is 0. The third-order valence-electron chi connectivity index (χ3n) is 3.79. The molecular formula is C14H14N6OS. The molecule has 0 spiro atoms. The van der Waals surface area contributed by atoms with Crippen LogP contribution in [0.15, 0.2) is 35.7 Å². The predicted molar refractivity (Wildman–Crippen MR) is 80.4 cm³/mol. The van der Waals surface area contributed by atoms with Crippen molar-refractivity contribution in [3.8, 4) is 0 Å². The molecule has 0 saturated heterocycles. The first-order chi connectivity index (χ1) is 10.8. The molecule has 8 heteroatoms. The lowest BCUT2D eigenvalue weighted by molar-refractivity contribution is 0.0707. The Morgan fingerprint density at radius 2 is 2.32 bits per heavy atom. The summed E-state index contributed by atoms with van der Waals surface area (Å²) >= 11 is 1.54. The van der Waals surface area contributed by atoms with Gasteiger partial charge >= 0.3 is 0 Å². The molecule has 0 radical (unpaired) electrons. The highest BCUT2D eigenvalue weighted by molar-refractivity contribution is 7.08. The monoisotopic (exact) mass is 314 g/mol. The molecule has 1 aliphatic heterocycles. The number of fused-ring (bicyclic) bond motifs is 1. The molecule has 3 aromatic rings. The molecule has 112 valence electrons. The Morgan fingerprint density at radius 1 is 1.36 bits per heavy atom. The highest BCUT2D eigenvalue weighted by Crippen LogP contribution is 2.18. The smallest absolute Gasteiger partial charge is 0.255 e. The first-order valence-electron chi connectivity index (χ1n) is 6.98. The summed E-state index contributed by atoms with van der Waals surface area (Å²) in [5.74, 6) is 0.998. The predicted octanol–water partition coefficient (Wildman–Crippen LogP) is 1.24. The van der Waals surface area contributed by atoms with Gasteiger partial charge in [-0.25, -0.2) is 14.6 Å². The molecule has 4 rings (SSSR count). The van der Waals surface area contributed by atoms with E-state index in [9.17, 15) is 4.79 Å². The molecular weight excluding hydrogens is 300 g/mol. The van der Waals surface area contributed by atoms with Gasteiger partial charge in [0.05, 0.1) is 30.5 Å². The summed E-state index contributed by atoms with van der Waals surface area (Å²) in [6.45, 7) is 2.65. The van der Waals surface area contributed by atoms with Gasteiger partial charge in [-0.3, -0.25) is 4.79 Å². The zero-order valence-electron chi connectivity index (χ0n) is 11.8. The third kappa shape index (κ3) is 2.31. The zero-order chi connectivity index (χ0) is 14.9. The SMILES string of the molecule is O=C(c1ccsc1)N1CCn2c(Cn3cncn3)cnc2C1. The summed E-state index contributed by atoms with van der Waals surface area (Å²) in [4.78, 5) is 22.7. The van der Waals surface area contributed by atoms with Crippen LogP contribution in [0.5, 0.6) is 0 Å². The highest BCUT2D eigenvalue weighted by atomic mass is 32.1. The number of nitrogens with zero attached hydrogens (tertiary/aromatic N) is 6. The second-order valence-corrected chi connectivity index (χ2v) is 5.93. The molecule has 0 bridgehead atoms. The molecule has 3 aromatic heterocycles. The Kier molecular flexibility index (Phi) is 3.23. The number of imidazole rings is 1. The van der Waals surface area contributed by atoms with Gasteiger partial charge in [0, 0.05) is 18.5 Å². The summed E-state index contributed by atoms with van der Waals surface area (Å²) < 4.78 is 3.94. The van der Waals surface area contributed by atoms with Crippen molar-refractivity contribution in [2.24, 2.45) is 0 Å². The van der Waals surface area contributed by atoms with Crippen molar-refractivity contribution >= 4 is 17.2 Å². The fraction of sp³-hybridized carbons (Fsp3) is 0.286. The number of amides is 1. The molecule has 22 heavy (non-hydrogen) atoms. The van der Waals surface area contributed by atoms with Gasteiger partial charge < -0.3 is 9.47 Å². The van der Waals surface area contributed by atoms with Crippen LogP contribution in [0.1, 0.15) is 21.9 Å². The fourth-order valence-corrected chi connectivity index (χ4v) is 3.30. The quantitative estimate of drug-likeness (QED) is 0.729. The van der Waals surface area contributed by atoms with E-state index in [1.54, 1.807) is 11.0 Å². The van der Waals surface area contributed by atoms with E-state index in [4.69, 9.17) is 0 Å². The van der Waals surface area contributed by atoms with Gasteiger partial charge in [0.2, 0.25) is 0 Å². The van der Waals surface area contributed by atoms with Crippen LogP contribution < -0.4 is 0 Å². The third-order valence-corrected chi connectivity index (χ3v) is 4.48. The molecule has 1 amide bonds. The van der Waals surface area contributed by atoms with E-state index in [-0.39, 0.29) is 5.91 Å². The van der Waals surface area contributed by atoms with E-state index < -0.39 is 0 Å². The maximum absolute atomic E-state index is 12.4. The average molecular weight is 314 g/mol. The van der Waals surface area contributed by atoms with Crippen LogP contribution in [0.3, 0.4) is 0 Å². The number of carbonyl (C=O) groups excluding carboxylic acids is 1. The van der Waals surface area contributed by atoms with Gasteiger partial charge in [0.1, 0.15) is 18.5 Å². The molecule has 4 heterocycles. The number of rotatable bonds is 3.